The van der Waals surface area contributed by atoms with E-state index in [1.54, 1.807) is 7.11 Å². The zero-order valence-corrected chi connectivity index (χ0v) is 13.8. The normalized spacial score (nSPS) is 15.1. The maximum Gasteiger partial charge on any atom is 0.193 e. The first-order chi connectivity index (χ1) is 9.28. The third-order valence-corrected chi connectivity index (χ3v) is 2.78. The van der Waals surface area contributed by atoms with Crippen molar-refractivity contribution < 1.29 is 9.47 Å². The number of anilines is 1. The minimum absolute atomic E-state index is 0. The minimum Gasteiger partial charge on any atom is -0.497 e. The van der Waals surface area contributed by atoms with Crippen molar-refractivity contribution in [3.05, 3.63) is 35.9 Å². The highest BCUT2D eigenvalue weighted by molar-refractivity contribution is 14.0. The lowest BCUT2D eigenvalue weighted by Gasteiger charge is -2.12. The van der Waals surface area contributed by atoms with Crippen molar-refractivity contribution >= 4 is 35.6 Å². The van der Waals surface area contributed by atoms with Gasteiger partial charge in [0, 0.05) is 11.8 Å². The molecule has 0 saturated carbocycles. The van der Waals surface area contributed by atoms with Gasteiger partial charge in [-0.05, 0) is 24.1 Å². The van der Waals surface area contributed by atoms with Gasteiger partial charge in [0.1, 0.15) is 5.75 Å². The van der Waals surface area contributed by atoms with E-state index in [4.69, 9.17) is 15.2 Å². The summed E-state index contributed by atoms with van der Waals surface area (Å²) < 4.78 is 10.5. The molecule has 0 aliphatic carbocycles. The van der Waals surface area contributed by atoms with E-state index in [2.05, 4.69) is 16.4 Å². The van der Waals surface area contributed by atoms with Crippen LogP contribution in [0, 0.1) is 0 Å². The van der Waals surface area contributed by atoms with Crippen LogP contribution in [0.15, 0.2) is 40.9 Å². The van der Waals surface area contributed by atoms with Crippen LogP contribution in [-0.4, -0.2) is 32.8 Å². The fourth-order valence-corrected chi connectivity index (χ4v) is 1.79. The van der Waals surface area contributed by atoms with Crippen LogP contribution in [0.5, 0.6) is 5.75 Å². The Morgan fingerprint density at radius 3 is 3.05 bits per heavy atom. The third-order valence-electron chi connectivity index (χ3n) is 2.78. The van der Waals surface area contributed by atoms with Crippen molar-refractivity contribution in [2.24, 2.45) is 10.7 Å². The first-order valence-corrected chi connectivity index (χ1v) is 6.24. The molecule has 0 atom stereocenters. The Kier molecular flexibility index (Phi) is 7.38. The molecule has 2 rings (SSSR count). The number of hydrogen-bond acceptors (Lipinski definition) is 3. The summed E-state index contributed by atoms with van der Waals surface area (Å²) >= 11 is 0. The monoisotopic (exact) mass is 389 g/mol. The zero-order chi connectivity index (χ0) is 13.5. The molecule has 0 spiro atoms. The van der Waals surface area contributed by atoms with E-state index in [-0.39, 0.29) is 24.0 Å². The van der Waals surface area contributed by atoms with E-state index in [0.29, 0.717) is 19.1 Å². The number of rotatable bonds is 4. The standard InChI is InChI=1S/C14H19N3O2.HI/c1-18-13-6-2-5-12(8-13)17-14(15)16-9-11-4-3-7-19-10-11;/h2,4-6,8H,3,7,9-10H2,1H3,(H3,15,16,17);1H. The Bertz CT molecular complexity index is 489. The van der Waals surface area contributed by atoms with Crippen LogP contribution >= 0.6 is 24.0 Å². The molecule has 0 fully saturated rings. The van der Waals surface area contributed by atoms with Crippen LogP contribution in [0.1, 0.15) is 6.42 Å². The van der Waals surface area contributed by atoms with Crippen molar-refractivity contribution in [1.29, 1.82) is 0 Å². The molecule has 20 heavy (non-hydrogen) atoms. The van der Waals surface area contributed by atoms with Gasteiger partial charge in [-0.25, -0.2) is 4.99 Å². The summed E-state index contributed by atoms with van der Waals surface area (Å²) in [6, 6.07) is 7.55. The van der Waals surface area contributed by atoms with Gasteiger partial charge in [-0.2, -0.15) is 0 Å². The number of hydrogen-bond donors (Lipinski definition) is 2. The number of nitrogens with one attached hydrogen (secondary N) is 1. The van der Waals surface area contributed by atoms with Gasteiger partial charge < -0.3 is 20.5 Å². The Hall–Kier alpha value is -1.28. The van der Waals surface area contributed by atoms with Crippen LogP contribution < -0.4 is 15.8 Å². The van der Waals surface area contributed by atoms with Crippen LogP contribution in [0.3, 0.4) is 0 Å². The summed E-state index contributed by atoms with van der Waals surface area (Å²) in [5, 5.41) is 3.04. The third kappa shape index (κ3) is 5.38. The molecule has 6 heteroatoms. The maximum absolute atomic E-state index is 5.84. The minimum atomic E-state index is 0. The molecule has 0 bridgehead atoms. The highest BCUT2D eigenvalue weighted by Gasteiger charge is 2.03. The number of guanidine groups is 1. The number of ether oxygens (including phenoxy) is 2. The summed E-state index contributed by atoms with van der Waals surface area (Å²) in [7, 11) is 1.63. The van der Waals surface area contributed by atoms with Crippen molar-refractivity contribution in [1.82, 2.24) is 0 Å². The Morgan fingerprint density at radius 2 is 2.35 bits per heavy atom. The molecular formula is C14H20IN3O2. The highest BCUT2D eigenvalue weighted by Crippen LogP contribution is 2.16. The second-order valence-corrected chi connectivity index (χ2v) is 4.26. The number of aliphatic imine (C=N–C) groups is 1. The lowest BCUT2D eigenvalue weighted by molar-refractivity contribution is 0.150. The molecule has 1 aliphatic rings. The zero-order valence-electron chi connectivity index (χ0n) is 11.5. The molecule has 0 aromatic heterocycles. The molecule has 0 unspecified atom stereocenters. The van der Waals surface area contributed by atoms with E-state index >= 15 is 0 Å². The molecule has 110 valence electrons. The molecule has 1 aliphatic heterocycles. The van der Waals surface area contributed by atoms with Crippen LogP contribution in [-0.2, 0) is 4.74 Å². The largest absolute Gasteiger partial charge is 0.497 e. The van der Waals surface area contributed by atoms with Crippen molar-refractivity contribution in [2.45, 2.75) is 6.42 Å². The van der Waals surface area contributed by atoms with Gasteiger partial charge in [-0.15, -0.1) is 24.0 Å². The van der Waals surface area contributed by atoms with Gasteiger partial charge in [-0.1, -0.05) is 12.1 Å². The topological polar surface area (TPSA) is 68.9 Å². The molecule has 0 radical (unpaired) electrons. The van der Waals surface area contributed by atoms with Crippen molar-refractivity contribution in [2.75, 3.05) is 32.2 Å². The van der Waals surface area contributed by atoms with Crippen LogP contribution in [0.2, 0.25) is 0 Å². The Labute approximate surface area is 136 Å². The smallest absolute Gasteiger partial charge is 0.193 e. The summed E-state index contributed by atoms with van der Waals surface area (Å²) in [5.41, 5.74) is 7.87. The number of benzene rings is 1. The lowest BCUT2D eigenvalue weighted by atomic mass is 10.2. The van der Waals surface area contributed by atoms with E-state index in [9.17, 15) is 0 Å². The predicted octanol–water partition coefficient (Wildman–Crippen LogP) is 2.39. The van der Waals surface area contributed by atoms with Gasteiger partial charge in [0.25, 0.3) is 0 Å². The fraction of sp³-hybridized carbons (Fsp3) is 0.357. The van der Waals surface area contributed by atoms with Gasteiger partial charge >= 0.3 is 0 Å². The number of nitrogens with zero attached hydrogens (tertiary/aromatic N) is 1. The van der Waals surface area contributed by atoms with Crippen LogP contribution in [0.25, 0.3) is 0 Å². The van der Waals surface area contributed by atoms with E-state index in [1.807, 2.05) is 24.3 Å². The maximum atomic E-state index is 5.84. The van der Waals surface area contributed by atoms with Gasteiger partial charge in [0.2, 0.25) is 0 Å². The van der Waals surface area contributed by atoms with Gasteiger partial charge in [-0.3, -0.25) is 0 Å². The second kappa shape index (κ2) is 8.80. The average molecular weight is 389 g/mol. The number of methoxy groups -OCH3 is 1. The predicted molar refractivity (Wildman–Crippen MR) is 92.0 cm³/mol. The van der Waals surface area contributed by atoms with E-state index in [1.165, 1.54) is 5.57 Å². The first-order valence-electron chi connectivity index (χ1n) is 6.24. The summed E-state index contributed by atoms with van der Waals surface area (Å²) in [6.45, 7) is 2.02. The summed E-state index contributed by atoms with van der Waals surface area (Å²) in [4.78, 5) is 4.29. The highest BCUT2D eigenvalue weighted by atomic mass is 127. The molecule has 0 amide bonds. The summed E-state index contributed by atoms with van der Waals surface area (Å²) in [6.07, 6.45) is 3.11. The quantitative estimate of drug-likeness (QED) is 0.359. The molecule has 1 aromatic carbocycles. The molecule has 1 heterocycles. The Balaban J connectivity index is 0.00000200. The molecule has 0 saturated heterocycles. The van der Waals surface area contributed by atoms with E-state index < -0.39 is 0 Å². The first kappa shape index (κ1) is 16.8. The Morgan fingerprint density at radius 1 is 1.50 bits per heavy atom. The molecule has 1 aromatic rings. The van der Waals surface area contributed by atoms with Gasteiger partial charge in [0.05, 0.1) is 26.9 Å². The van der Waals surface area contributed by atoms with E-state index in [0.717, 1.165) is 24.5 Å². The second-order valence-electron chi connectivity index (χ2n) is 4.26. The van der Waals surface area contributed by atoms with Gasteiger partial charge in [0.15, 0.2) is 5.96 Å². The molecule has 5 nitrogen and oxygen atoms in total. The van der Waals surface area contributed by atoms with Crippen molar-refractivity contribution in [3.8, 4) is 5.75 Å². The SMILES string of the molecule is COc1cccc(NC(N)=NCC2=CCCOC2)c1.I. The number of nitrogens with two attached hydrogens (primary N) is 1. The molecule has 3 N–H and O–H groups in total. The summed E-state index contributed by atoms with van der Waals surface area (Å²) in [5.74, 6) is 1.17. The lowest BCUT2D eigenvalue weighted by Crippen LogP contribution is -2.23. The van der Waals surface area contributed by atoms with Crippen molar-refractivity contribution in [3.63, 3.8) is 0 Å². The van der Waals surface area contributed by atoms with Crippen LogP contribution in [0.4, 0.5) is 5.69 Å². The number of halogens is 1. The average Bonchev–Trinajstić information content (AvgIpc) is 2.46. The molecular weight excluding hydrogens is 369 g/mol. The fourth-order valence-electron chi connectivity index (χ4n) is 1.79.